The van der Waals surface area contributed by atoms with E-state index in [1.165, 1.54) is 0 Å². The van der Waals surface area contributed by atoms with Gasteiger partial charge in [-0.2, -0.15) is 0 Å². The molecule has 24 heavy (non-hydrogen) atoms. The first kappa shape index (κ1) is 17.7. The number of primary amides is 1. The Labute approximate surface area is 143 Å². The van der Waals surface area contributed by atoms with Crippen LogP contribution < -0.4 is 5.73 Å². The van der Waals surface area contributed by atoms with Gasteiger partial charge in [-0.05, 0) is 38.0 Å². The van der Waals surface area contributed by atoms with Gasteiger partial charge in [0, 0.05) is 25.1 Å². The molecule has 2 rings (SSSR count). The van der Waals surface area contributed by atoms with Gasteiger partial charge in [0.1, 0.15) is 0 Å². The van der Waals surface area contributed by atoms with E-state index in [1.54, 1.807) is 11.9 Å². The Morgan fingerprint density at radius 3 is 2.17 bits per heavy atom. The summed E-state index contributed by atoms with van der Waals surface area (Å²) in [4.78, 5) is 25.9. The van der Waals surface area contributed by atoms with E-state index in [1.807, 2.05) is 62.4 Å². The standard InChI is InChI=1S/C20H24N2O2/c1-14-9-15(2)11-17(10-14)20(24)22(3)18(13-19(21)23)12-16-7-5-4-6-8-16/h4-11,18H,12-13H2,1-3H3,(H2,21,23). The highest BCUT2D eigenvalue weighted by atomic mass is 16.2. The lowest BCUT2D eigenvalue weighted by Crippen LogP contribution is -2.41. The average molecular weight is 324 g/mol. The van der Waals surface area contributed by atoms with Crippen LogP contribution in [0.3, 0.4) is 0 Å². The van der Waals surface area contributed by atoms with Crippen molar-refractivity contribution < 1.29 is 9.59 Å². The van der Waals surface area contributed by atoms with Gasteiger partial charge in [0.25, 0.3) is 5.91 Å². The highest BCUT2D eigenvalue weighted by Gasteiger charge is 2.23. The largest absolute Gasteiger partial charge is 0.370 e. The van der Waals surface area contributed by atoms with E-state index in [0.717, 1.165) is 16.7 Å². The number of hydrogen-bond donors (Lipinski definition) is 1. The van der Waals surface area contributed by atoms with Gasteiger partial charge in [-0.25, -0.2) is 0 Å². The molecule has 2 amide bonds. The number of likely N-dealkylation sites (N-methyl/N-ethyl adjacent to an activating group) is 1. The lowest BCUT2D eigenvalue weighted by Gasteiger charge is -2.28. The molecule has 0 bridgehead atoms. The summed E-state index contributed by atoms with van der Waals surface area (Å²) in [6, 6.07) is 15.3. The second kappa shape index (κ2) is 7.77. The third kappa shape index (κ3) is 4.69. The topological polar surface area (TPSA) is 63.4 Å². The number of benzene rings is 2. The molecule has 1 atom stereocenters. The summed E-state index contributed by atoms with van der Waals surface area (Å²) in [5, 5.41) is 0. The molecule has 0 fully saturated rings. The maximum absolute atomic E-state index is 12.8. The molecule has 0 heterocycles. The third-order valence-electron chi connectivity index (χ3n) is 4.09. The van der Waals surface area contributed by atoms with Crippen LogP contribution in [-0.2, 0) is 11.2 Å². The second-order valence-corrected chi connectivity index (χ2v) is 6.31. The maximum Gasteiger partial charge on any atom is 0.253 e. The molecular formula is C20H24N2O2. The Bertz CT molecular complexity index is 705. The molecule has 126 valence electrons. The van der Waals surface area contributed by atoms with Crippen molar-refractivity contribution in [3.63, 3.8) is 0 Å². The van der Waals surface area contributed by atoms with E-state index in [2.05, 4.69) is 0 Å². The monoisotopic (exact) mass is 324 g/mol. The average Bonchev–Trinajstić information content (AvgIpc) is 2.52. The SMILES string of the molecule is Cc1cc(C)cc(C(=O)N(C)C(CC(N)=O)Cc2ccccc2)c1. The van der Waals surface area contributed by atoms with Crippen LogP contribution in [0.4, 0.5) is 0 Å². The minimum atomic E-state index is -0.406. The first-order chi connectivity index (χ1) is 11.4. The summed E-state index contributed by atoms with van der Waals surface area (Å²) < 4.78 is 0. The molecule has 0 aromatic heterocycles. The van der Waals surface area contributed by atoms with Crippen molar-refractivity contribution in [3.05, 3.63) is 70.8 Å². The van der Waals surface area contributed by atoms with Crippen molar-refractivity contribution in [3.8, 4) is 0 Å². The first-order valence-corrected chi connectivity index (χ1v) is 8.04. The molecule has 0 radical (unpaired) electrons. The third-order valence-corrected chi connectivity index (χ3v) is 4.09. The van der Waals surface area contributed by atoms with E-state index in [-0.39, 0.29) is 18.4 Å². The zero-order chi connectivity index (χ0) is 17.7. The number of carbonyl (C=O) groups excluding carboxylic acids is 2. The summed E-state index contributed by atoms with van der Waals surface area (Å²) in [6.45, 7) is 3.93. The van der Waals surface area contributed by atoms with E-state index >= 15 is 0 Å². The van der Waals surface area contributed by atoms with Gasteiger partial charge >= 0.3 is 0 Å². The fourth-order valence-electron chi connectivity index (χ4n) is 2.93. The molecule has 0 aliphatic carbocycles. The lowest BCUT2D eigenvalue weighted by molar-refractivity contribution is -0.118. The van der Waals surface area contributed by atoms with E-state index in [4.69, 9.17) is 5.73 Å². The molecule has 2 N–H and O–H groups in total. The van der Waals surface area contributed by atoms with Crippen molar-refractivity contribution in [2.75, 3.05) is 7.05 Å². The van der Waals surface area contributed by atoms with Crippen LogP contribution in [0.25, 0.3) is 0 Å². The molecule has 0 saturated carbocycles. The summed E-state index contributed by atoms with van der Waals surface area (Å²) in [6.07, 6.45) is 0.735. The summed E-state index contributed by atoms with van der Waals surface area (Å²) in [7, 11) is 1.73. The van der Waals surface area contributed by atoms with Crippen molar-refractivity contribution >= 4 is 11.8 Å². The second-order valence-electron chi connectivity index (χ2n) is 6.31. The summed E-state index contributed by atoms with van der Waals surface area (Å²) >= 11 is 0. The number of carbonyl (C=O) groups is 2. The zero-order valence-electron chi connectivity index (χ0n) is 14.5. The van der Waals surface area contributed by atoms with Crippen molar-refractivity contribution in [2.24, 2.45) is 5.73 Å². The summed E-state index contributed by atoms with van der Waals surface area (Å²) in [5.74, 6) is -0.500. The molecule has 4 nitrogen and oxygen atoms in total. The fourth-order valence-corrected chi connectivity index (χ4v) is 2.93. The Morgan fingerprint density at radius 2 is 1.62 bits per heavy atom. The van der Waals surface area contributed by atoms with Gasteiger partial charge in [-0.15, -0.1) is 0 Å². The smallest absolute Gasteiger partial charge is 0.253 e. The van der Waals surface area contributed by atoms with Crippen LogP contribution in [0.5, 0.6) is 0 Å². The Balaban J connectivity index is 2.24. The van der Waals surface area contributed by atoms with Crippen molar-refractivity contribution in [1.82, 2.24) is 4.90 Å². The van der Waals surface area contributed by atoms with Crippen LogP contribution in [0, 0.1) is 13.8 Å². The van der Waals surface area contributed by atoms with Gasteiger partial charge in [0.2, 0.25) is 5.91 Å². The van der Waals surface area contributed by atoms with Crippen LogP contribution in [-0.4, -0.2) is 29.8 Å². The Morgan fingerprint density at radius 1 is 1.04 bits per heavy atom. The Hall–Kier alpha value is -2.62. The molecule has 4 heteroatoms. The minimum absolute atomic E-state index is 0.0935. The summed E-state index contributed by atoms with van der Waals surface area (Å²) in [5.41, 5.74) is 9.19. The fraction of sp³-hybridized carbons (Fsp3) is 0.300. The predicted octanol–water partition coefficient (Wildman–Crippen LogP) is 2.86. The molecule has 2 aromatic rings. The first-order valence-electron chi connectivity index (χ1n) is 8.04. The number of amides is 2. The van der Waals surface area contributed by atoms with E-state index in [0.29, 0.717) is 12.0 Å². The van der Waals surface area contributed by atoms with E-state index < -0.39 is 5.91 Å². The quantitative estimate of drug-likeness (QED) is 0.888. The molecule has 0 saturated heterocycles. The van der Waals surface area contributed by atoms with Crippen LogP contribution >= 0.6 is 0 Å². The predicted molar refractivity (Wildman–Crippen MR) is 95.8 cm³/mol. The van der Waals surface area contributed by atoms with Gasteiger partial charge in [0.05, 0.1) is 0 Å². The zero-order valence-corrected chi connectivity index (χ0v) is 14.5. The highest BCUT2D eigenvalue weighted by molar-refractivity contribution is 5.95. The maximum atomic E-state index is 12.8. The molecule has 2 aromatic carbocycles. The minimum Gasteiger partial charge on any atom is -0.370 e. The van der Waals surface area contributed by atoms with Gasteiger partial charge in [0.15, 0.2) is 0 Å². The molecular weight excluding hydrogens is 300 g/mol. The number of nitrogens with zero attached hydrogens (tertiary/aromatic N) is 1. The van der Waals surface area contributed by atoms with Crippen LogP contribution in [0.2, 0.25) is 0 Å². The molecule has 1 unspecified atom stereocenters. The normalized spacial score (nSPS) is 11.8. The molecule has 0 spiro atoms. The Kier molecular flexibility index (Phi) is 5.74. The highest BCUT2D eigenvalue weighted by Crippen LogP contribution is 2.16. The van der Waals surface area contributed by atoms with Gasteiger partial charge in [-0.1, -0.05) is 47.5 Å². The van der Waals surface area contributed by atoms with E-state index in [9.17, 15) is 9.59 Å². The number of rotatable bonds is 6. The van der Waals surface area contributed by atoms with Crippen LogP contribution in [0.15, 0.2) is 48.5 Å². The number of nitrogens with two attached hydrogens (primary N) is 1. The van der Waals surface area contributed by atoms with Crippen LogP contribution in [0.1, 0.15) is 33.5 Å². The molecule has 0 aliphatic rings. The molecule has 0 aliphatic heterocycles. The van der Waals surface area contributed by atoms with Gasteiger partial charge < -0.3 is 10.6 Å². The van der Waals surface area contributed by atoms with Crippen molar-refractivity contribution in [1.29, 1.82) is 0 Å². The number of aryl methyl sites for hydroxylation is 2. The lowest BCUT2D eigenvalue weighted by atomic mass is 10.00. The van der Waals surface area contributed by atoms with Crippen molar-refractivity contribution in [2.45, 2.75) is 32.7 Å². The van der Waals surface area contributed by atoms with Gasteiger partial charge in [-0.3, -0.25) is 9.59 Å². The number of hydrogen-bond acceptors (Lipinski definition) is 2.